The molecule has 1 amide bonds. The second-order valence-corrected chi connectivity index (χ2v) is 10.4. The van der Waals surface area contributed by atoms with Crippen LogP contribution in [-0.4, -0.2) is 10.9 Å². The van der Waals surface area contributed by atoms with Gasteiger partial charge >= 0.3 is 0 Å². The van der Waals surface area contributed by atoms with Crippen molar-refractivity contribution < 1.29 is 9.53 Å². The molecule has 3 N–H and O–H groups in total. The van der Waals surface area contributed by atoms with Crippen molar-refractivity contribution in [3.8, 4) is 5.75 Å². The van der Waals surface area contributed by atoms with Crippen molar-refractivity contribution in [2.75, 3.05) is 5.32 Å². The lowest BCUT2D eigenvalue weighted by molar-refractivity contribution is -0.126. The Kier molecular flexibility index (Phi) is 7.69. The van der Waals surface area contributed by atoms with E-state index < -0.39 is 5.41 Å². The van der Waals surface area contributed by atoms with E-state index in [1.165, 1.54) is 0 Å². The first-order valence-electron chi connectivity index (χ1n) is 13.4. The smallest absolute Gasteiger partial charge is 0.230 e. The van der Waals surface area contributed by atoms with Gasteiger partial charge in [-0.15, -0.1) is 0 Å². The number of H-pyrrole nitrogens is 1. The summed E-state index contributed by atoms with van der Waals surface area (Å²) in [5, 5.41) is 7.84. The molecule has 0 spiro atoms. The Morgan fingerprint density at radius 2 is 1.51 bits per heavy atom. The van der Waals surface area contributed by atoms with Crippen LogP contribution in [0.25, 0.3) is 10.9 Å². The molecule has 39 heavy (non-hydrogen) atoms. The van der Waals surface area contributed by atoms with Crippen LogP contribution in [0.5, 0.6) is 5.75 Å². The fraction of sp³-hybridized carbons (Fsp3) is 0.206. The fourth-order valence-corrected chi connectivity index (χ4v) is 4.92. The fourth-order valence-electron chi connectivity index (χ4n) is 4.92. The maximum Gasteiger partial charge on any atom is 0.230 e. The lowest BCUT2D eigenvalue weighted by Crippen LogP contribution is -2.41. The number of nitrogens with one attached hydrogen (secondary N) is 3. The average molecular weight is 518 g/mol. The summed E-state index contributed by atoms with van der Waals surface area (Å²) in [5.41, 5.74) is 4.45. The predicted molar refractivity (Wildman–Crippen MR) is 159 cm³/mol. The molecule has 0 aliphatic heterocycles. The van der Waals surface area contributed by atoms with Gasteiger partial charge in [-0.3, -0.25) is 4.79 Å². The Hall–Kier alpha value is -4.51. The summed E-state index contributed by atoms with van der Waals surface area (Å²) in [6, 6.07) is 36.3. The zero-order valence-corrected chi connectivity index (χ0v) is 22.7. The molecule has 1 heterocycles. The van der Waals surface area contributed by atoms with E-state index in [2.05, 4.69) is 45.9 Å². The molecular weight excluding hydrogens is 482 g/mol. The largest absolute Gasteiger partial charge is 0.489 e. The van der Waals surface area contributed by atoms with Crippen molar-refractivity contribution in [3.05, 3.63) is 131 Å². The Morgan fingerprint density at radius 1 is 0.846 bits per heavy atom. The number of hydrogen-bond acceptors (Lipinski definition) is 3. The van der Waals surface area contributed by atoms with Gasteiger partial charge in [-0.05, 0) is 55.7 Å². The lowest BCUT2D eigenvalue weighted by atomic mass is 9.82. The average Bonchev–Trinajstić information content (AvgIpc) is 3.35. The van der Waals surface area contributed by atoms with Gasteiger partial charge in [0.25, 0.3) is 0 Å². The minimum absolute atomic E-state index is 0.0250. The molecule has 4 aromatic carbocycles. The highest BCUT2D eigenvalue weighted by Gasteiger charge is 2.35. The van der Waals surface area contributed by atoms with Crippen LogP contribution in [0.3, 0.4) is 0 Å². The highest BCUT2D eigenvalue weighted by Crippen LogP contribution is 2.37. The third-order valence-corrected chi connectivity index (χ3v) is 7.16. The number of amides is 1. The minimum Gasteiger partial charge on any atom is -0.489 e. The number of carbonyl (C=O) groups is 1. The molecule has 0 saturated heterocycles. The second-order valence-electron chi connectivity index (χ2n) is 10.4. The van der Waals surface area contributed by atoms with Gasteiger partial charge in [-0.2, -0.15) is 0 Å². The van der Waals surface area contributed by atoms with Crippen molar-refractivity contribution in [1.82, 2.24) is 10.3 Å². The highest BCUT2D eigenvalue weighted by atomic mass is 16.5. The summed E-state index contributed by atoms with van der Waals surface area (Å²) in [4.78, 5) is 17.2. The first-order chi connectivity index (χ1) is 18.9. The topological polar surface area (TPSA) is 66.2 Å². The van der Waals surface area contributed by atoms with Gasteiger partial charge in [-0.25, -0.2) is 0 Å². The van der Waals surface area contributed by atoms with Gasteiger partial charge in [0, 0.05) is 23.0 Å². The molecular formula is C34H35N3O2. The summed E-state index contributed by atoms with van der Waals surface area (Å²) in [6.45, 7) is 7.09. The standard InChI is InChI=1S/C34H35N3O2/c1-24(27-16-8-5-9-17-27)36-33(38)34(2,3)31-29-19-10-11-20-30(29)37-32(31)35-22-26-15-12-18-28(21-26)39-23-25-13-6-4-7-14-25/h4-21,24,35,37H,22-23H2,1-3H3,(H,36,38). The van der Waals surface area contributed by atoms with E-state index in [0.29, 0.717) is 13.2 Å². The number of carbonyl (C=O) groups excluding carboxylic acids is 1. The van der Waals surface area contributed by atoms with Gasteiger partial charge in [0.2, 0.25) is 5.91 Å². The van der Waals surface area contributed by atoms with Crippen LogP contribution in [0.2, 0.25) is 0 Å². The molecule has 5 rings (SSSR count). The zero-order valence-electron chi connectivity index (χ0n) is 22.7. The van der Waals surface area contributed by atoms with Crippen LogP contribution >= 0.6 is 0 Å². The van der Waals surface area contributed by atoms with Crippen LogP contribution < -0.4 is 15.4 Å². The molecule has 0 aliphatic rings. The summed E-state index contributed by atoms with van der Waals surface area (Å²) in [7, 11) is 0. The lowest BCUT2D eigenvalue weighted by Gasteiger charge is -2.27. The number of ether oxygens (including phenoxy) is 1. The molecule has 0 bridgehead atoms. The molecule has 0 fully saturated rings. The molecule has 0 aliphatic carbocycles. The van der Waals surface area contributed by atoms with E-state index in [-0.39, 0.29) is 11.9 Å². The number of hydrogen-bond donors (Lipinski definition) is 3. The number of benzene rings is 4. The Bertz CT molecular complexity index is 1540. The second kappa shape index (κ2) is 11.5. The highest BCUT2D eigenvalue weighted by molar-refractivity contribution is 5.98. The Labute approximate surface area is 230 Å². The van der Waals surface area contributed by atoms with E-state index in [1.807, 2.05) is 99.6 Å². The molecule has 5 aromatic rings. The van der Waals surface area contributed by atoms with Crippen LogP contribution in [0.15, 0.2) is 109 Å². The van der Waals surface area contributed by atoms with Crippen LogP contribution in [0.4, 0.5) is 5.82 Å². The molecule has 1 unspecified atom stereocenters. The summed E-state index contributed by atoms with van der Waals surface area (Å²) >= 11 is 0. The van der Waals surface area contributed by atoms with E-state index in [4.69, 9.17) is 4.74 Å². The van der Waals surface area contributed by atoms with Gasteiger partial charge in [0.1, 0.15) is 18.2 Å². The molecule has 0 saturated carbocycles. The maximum atomic E-state index is 13.7. The van der Waals surface area contributed by atoms with Crippen molar-refractivity contribution >= 4 is 22.6 Å². The van der Waals surface area contributed by atoms with Crippen molar-refractivity contribution in [3.63, 3.8) is 0 Å². The molecule has 198 valence electrons. The van der Waals surface area contributed by atoms with Crippen LogP contribution in [-0.2, 0) is 23.4 Å². The quantitative estimate of drug-likeness (QED) is 0.180. The molecule has 1 aromatic heterocycles. The van der Waals surface area contributed by atoms with E-state index in [9.17, 15) is 4.79 Å². The monoisotopic (exact) mass is 517 g/mol. The third kappa shape index (κ3) is 5.99. The van der Waals surface area contributed by atoms with Gasteiger partial charge in [-0.1, -0.05) is 91.0 Å². The number of rotatable bonds is 10. The Morgan fingerprint density at radius 3 is 2.28 bits per heavy atom. The maximum absolute atomic E-state index is 13.7. The zero-order chi connectivity index (χ0) is 27.2. The van der Waals surface area contributed by atoms with Gasteiger partial charge in [0.15, 0.2) is 0 Å². The summed E-state index contributed by atoms with van der Waals surface area (Å²) in [6.07, 6.45) is 0. The van der Waals surface area contributed by atoms with Gasteiger partial charge in [0.05, 0.1) is 11.5 Å². The molecule has 0 radical (unpaired) electrons. The molecule has 1 atom stereocenters. The van der Waals surface area contributed by atoms with E-state index in [1.54, 1.807) is 0 Å². The van der Waals surface area contributed by atoms with E-state index >= 15 is 0 Å². The summed E-state index contributed by atoms with van der Waals surface area (Å²) in [5.74, 6) is 1.65. The van der Waals surface area contributed by atoms with Crippen molar-refractivity contribution in [2.24, 2.45) is 0 Å². The van der Waals surface area contributed by atoms with Crippen molar-refractivity contribution in [1.29, 1.82) is 0 Å². The Balaban J connectivity index is 1.35. The number of aromatic amines is 1. The number of fused-ring (bicyclic) bond motifs is 1. The first kappa shape index (κ1) is 26.1. The van der Waals surface area contributed by atoms with Crippen LogP contribution in [0.1, 0.15) is 49.1 Å². The third-order valence-electron chi connectivity index (χ3n) is 7.16. The SMILES string of the molecule is CC(NC(=O)C(C)(C)c1c(NCc2cccc(OCc3ccccc3)c2)[nH]c2ccccc12)c1ccccc1. The number of aromatic nitrogens is 1. The molecule has 5 heteroatoms. The summed E-state index contributed by atoms with van der Waals surface area (Å²) < 4.78 is 6.03. The predicted octanol–water partition coefficient (Wildman–Crippen LogP) is 7.51. The molecule has 5 nitrogen and oxygen atoms in total. The minimum atomic E-state index is -0.786. The van der Waals surface area contributed by atoms with Gasteiger partial charge < -0.3 is 20.4 Å². The first-order valence-corrected chi connectivity index (χ1v) is 13.4. The number of para-hydroxylation sites is 1. The van der Waals surface area contributed by atoms with E-state index in [0.717, 1.165) is 44.7 Å². The normalized spacial score (nSPS) is 12.2. The number of anilines is 1. The van der Waals surface area contributed by atoms with Crippen LogP contribution in [0, 0.1) is 0 Å². The van der Waals surface area contributed by atoms with Crippen molar-refractivity contribution in [2.45, 2.75) is 45.4 Å².